The van der Waals surface area contributed by atoms with E-state index in [1.165, 1.54) is 0 Å². The van der Waals surface area contributed by atoms with Crippen molar-refractivity contribution >= 4 is 50.2 Å². The van der Waals surface area contributed by atoms with Crippen molar-refractivity contribution in [2.75, 3.05) is 26.4 Å². The molecule has 156 valence electrons. The highest BCUT2D eigenvalue weighted by Gasteiger charge is 2.34. The molecule has 6 nitrogen and oxygen atoms in total. The number of carbonyl (C=O) groups is 2. The van der Waals surface area contributed by atoms with Gasteiger partial charge in [0.1, 0.15) is 0 Å². The zero-order valence-electron chi connectivity index (χ0n) is 16.3. The molecule has 1 aromatic heterocycles. The predicted molar refractivity (Wildman–Crippen MR) is 119 cm³/mol. The Morgan fingerprint density at radius 1 is 1.03 bits per heavy atom. The Kier molecular flexibility index (Phi) is 6.24. The molecule has 2 aromatic carbocycles. The molecule has 0 atom stereocenters. The highest BCUT2D eigenvalue weighted by Crippen LogP contribution is 2.41. The van der Waals surface area contributed by atoms with E-state index in [1.54, 1.807) is 6.07 Å². The fourth-order valence-electron chi connectivity index (χ4n) is 3.70. The molecule has 0 unspecified atom stereocenters. The van der Waals surface area contributed by atoms with E-state index in [4.69, 9.17) is 21.1 Å². The van der Waals surface area contributed by atoms with E-state index in [1.807, 2.05) is 42.0 Å². The van der Waals surface area contributed by atoms with E-state index in [9.17, 15) is 9.59 Å². The summed E-state index contributed by atoms with van der Waals surface area (Å²) in [5.41, 5.74) is 2.89. The smallest absolute Gasteiger partial charge is 0.259 e. The Bertz CT molecular complexity index is 1140. The summed E-state index contributed by atoms with van der Waals surface area (Å²) in [7, 11) is 0. The molecule has 0 spiro atoms. The second kappa shape index (κ2) is 8.89. The van der Waals surface area contributed by atoms with E-state index in [0.29, 0.717) is 65.6 Å². The summed E-state index contributed by atoms with van der Waals surface area (Å²) in [5.74, 6) is -0.814. The number of nitrogens with zero attached hydrogens (tertiary/aromatic N) is 1. The van der Waals surface area contributed by atoms with Crippen LogP contribution in [0.5, 0.6) is 0 Å². The molecule has 1 aliphatic heterocycles. The number of rotatable bonds is 8. The maximum Gasteiger partial charge on any atom is 0.259 e. The van der Waals surface area contributed by atoms with Crippen LogP contribution in [0.15, 0.2) is 41.0 Å². The van der Waals surface area contributed by atoms with Crippen molar-refractivity contribution in [3.63, 3.8) is 0 Å². The van der Waals surface area contributed by atoms with Crippen LogP contribution in [-0.4, -0.2) is 42.8 Å². The minimum atomic E-state index is -0.411. The maximum atomic E-state index is 12.6. The van der Waals surface area contributed by atoms with Crippen LogP contribution in [0.4, 0.5) is 0 Å². The van der Waals surface area contributed by atoms with Crippen LogP contribution in [0.3, 0.4) is 0 Å². The lowest BCUT2D eigenvalue weighted by atomic mass is 9.94. The van der Waals surface area contributed by atoms with E-state index < -0.39 is 11.8 Å². The Balaban J connectivity index is 1.79. The highest BCUT2D eigenvalue weighted by atomic mass is 79.9. The van der Waals surface area contributed by atoms with E-state index in [2.05, 4.69) is 21.2 Å². The van der Waals surface area contributed by atoms with Crippen molar-refractivity contribution in [1.82, 2.24) is 9.88 Å². The van der Waals surface area contributed by atoms with Crippen molar-refractivity contribution < 1.29 is 19.1 Å². The van der Waals surface area contributed by atoms with E-state index in [0.717, 1.165) is 9.99 Å². The molecule has 4 rings (SSSR count). The second-order valence-electron chi connectivity index (χ2n) is 6.81. The molecule has 3 aromatic rings. The average Bonchev–Trinajstić information content (AvgIpc) is 3.20. The summed E-state index contributed by atoms with van der Waals surface area (Å²) in [6.07, 6.45) is 1.91. The minimum Gasteiger partial charge on any atom is -0.379 e. The van der Waals surface area contributed by atoms with Gasteiger partial charge >= 0.3 is 0 Å². The van der Waals surface area contributed by atoms with Gasteiger partial charge in [0.15, 0.2) is 0 Å². The lowest BCUT2D eigenvalue weighted by Crippen LogP contribution is -2.20. The van der Waals surface area contributed by atoms with Crippen molar-refractivity contribution in [1.29, 1.82) is 0 Å². The molecule has 1 N–H and O–H groups in total. The van der Waals surface area contributed by atoms with Gasteiger partial charge in [-0.05, 0) is 40.5 Å². The van der Waals surface area contributed by atoms with Gasteiger partial charge in [-0.25, -0.2) is 0 Å². The topological polar surface area (TPSA) is 69.6 Å². The summed E-state index contributed by atoms with van der Waals surface area (Å²) in [6.45, 7) is 4.76. The van der Waals surface area contributed by atoms with Gasteiger partial charge < -0.3 is 14.0 Å². The quantitative estimate of drug-likeness (QED) is 0.367. The van der Waals surface area contributed by atoms with Crippen LogP contribution in [0, 0.1) is 0 Å². The van der Waals surface area contributed by atoms with Crippen LogP contribution < -0.4 is 5.32 Å². The molecule has 2 heterocycles. The summed E-state index contributed by atoms with van der Waals surface area (Å²) in [4.78, 5) is 25.3. The molecule has 0 saturated carbocycles. The minimum absolute atomic E-state index is 0.354. The van der Waals surface area contributed by atoms with Crippen LogP contribution >= 0.6 is 27.5 Å². The number of amides is 2. The summed E-state index contributed by atoms with van der Waals surface area (Å²) >= 11 is 9.98. The van der Waals surface area contributed by atoms with Crippen molar-refractivity contribution in [3.05, 3.63) is 57.2 Å². The zero-order chi connectivity index (χ0) is 21.3. The van der Waals surface area contributed by atoms with Crippen molar-refractivity contribution in [2.45, 2.75) is 13.5 Å². The number of aromatic nitrogens is 1. The number of imide groups is 1. The fraction of sp³-hybridized carbons (Fsp3) is 0.273. The number of nitrogens with one attached hydrogen (secondary N) is 1. The molecule has 1 aliphatic rings. The largest absolute Gasteiger partial charge is 0.379 e. The first-order valence-electron chi connectivity index (χ1n) is 9.64. The molecule has 2 amide bonds. The molecule has 0 saturated heterocycles. The predicted octanol–water partition coefficient (Wildman–Crippen LogP) is 4.66. The standard InChI is InChI=1S/C22H20BrClN2O4/c1-2-29-9-10-30-8-7-26-12-15(23)19-17(26)11-14(13-5-3-4-6-16(13)24)18-20(19)22(28)25-21(18)27/h3-6,11-12H,2,7-10H2,1H3,(H,25,27,28). The lowest BCUT2D eigenvalue weighted by molar-refractivity contribution is 0.0500. The third-order valence-corrected chi connectivity index (χ3v) is 5.95. The summed E-state index contributed by atoms with van der Waals surface area (Å²) in [6, 6.07) is 9.21. The van der Waals surface area contributed by atoms with Crippen molar-refractivity contribution in [2.24, 2.45) is 0 Å². The monoisotopic (exact) mass is 490 g/mol. The number of carbonyl (C=O) groups excluding carboxylic acids is 2. The lowest BCUT2D eigenvalue weighted by Gasteiger charge is -2.12. The van der Waals surface area contributed by atoms with Crippen LogP contribution in [0.2, 0.25) is 5.02 Å². The number of hydrogen-bond acceptors (Lipinski definition) is 4. The number of benzene rings is 2. The van der Waals surface area contributed by atoms with Crippen LogP contribution in [-0.2, 0) is 16.0 Å². The number of ether oxygens (including phenoxy) is 2. The average molecular weight is 492 g/mol. The van der Waals surface area contributed by atoms with Crippen LogP contribution in [0.1, 0.15) is 27.6 Å². The van der Waals surface area contributed by atoms with Gasteiger partial charge in [0, 0.05) is 39.8 Å². The normalized spacial score (nSPS) is 13.2. The van der Waals surface area contributed by atoms with Gasteiger partial charge in [0.25, 0.3) is 11.8 Å². The first-order valence-corrected chi connectivity index (χ1v) is 10.8. The van der Waals surface area contributed by atoms with Gasteiger partial charge in [0.05, 0.1) is 36.5 Å². The number of halogens is 2. The molecular formula is C22H20BrClN2O4. The Labute approximate surface area is 187 Å². The zero-order valence-corrected chi connectivity index (χ0v) is 18.7. The van der Waals surface area contributed by atoms with Gasteiger partial charge in [-0.15, -0.1) is 0 Å². The molecule has 0 radical (unpaired) electrons. The maximum absolute atomic E-state index is 12.6. The van der Waals surface area contributed by atoms with E-state index >= 15 is 0 Å². The molecule has 0 bridgehead atoms. The Morgan fingerprint density at radius 3 is 2.53 bits per heavy atom. The first kappa shape index (κ1) is 21.1. The third-order valence-electron chi connectivity index (χ3n) is 5.02. The van der Waals surface area contributed by atoms with Crippen molar-refractivity contribution in [3.8, 4) is 11.1 Å². The molecule has 0 fully saturated rings. The molecular weight excluding hydrogens is 472 g/mol. The summed E-state index contributed by atoms with van der Waals surface area (Å²) < 4.78 is 13.7. The van der Waals surface area contributed by atoms with Gasteiger partial charge in [-0.1, -0.05) is 29.8 Å². The fourth-order valence-corrected chi connectivity index (χ4v) is 4.59. The van der Waals surface area contributed by atoms with Gasteiger partial charge in [-0.3, -0.25) is 14.9 Å². The van der Waals surface area contributed by atoms with Crippen LogP contribution in [0.25, 0.3) is 22.0 Å². The van der Waals surface area contributed by atoms with Gasteiger partial charge in [-0.2, -0.15) is 0 Å². The third kappa shape index (κ3) is 3.78. The number of hydrogen-bond donors (Lipinski definition) is 1. The Morgan fingerprint density at radius 2 is 1.77 bits per heavy atom. The Hall–Kier alpha value is -2.19. The SMILES string of the molecule is CCOCCOCCn1cc(Br)c2c3c(c(-c4ccccc4Cl)cc21)C(=O)NC3=O. The summed E-state index contributed by atoms with van der Waals surface area (Å²) in [5, 5.41) is 3.65. The highest BCUT2D eigenvalue weighted by molar-refractivity contribution is 9.10. The molecule has 30 heavy (non-hydrogen) atoms. The molecule has 8 heteroatoms. The first-order chi connectivity index (χ1) is 14.5. The molecule has 0 aliphatic carbocycles. The number of fused-ring (bicyclic) bond motifs is 3. The second-order valence-corrected chi connectivity index (χ2v) is 8.07. The van der Waals surface area contributed by atoms with Gasteiger partial charge in [0.2, 0.25) is 0 Å². The van der Waals surface area contributed by atoms with E-state index in [-0.39, 0.29) is 0 Å².